The molecule has 1 N–H and O–H groups in total. The van der Waals surface area contributed by atoms with Crippen LogP contribution >= 0.6 is 0 Å². The van der Waals surface area contributed by atoms with E-state index in [0.29, 0.717) is 6.54 Å². The Hall–Kier alpha value is -1.43. The van der Waals surface area contributed by atoms with E-state index in [-0.39, 0.29) is 17.6 Å². The number of carbonyl (C=O) groups excluding carboxylic acids is 1. The molecular formula is C20H31N3O2. The quantitative estimate of drug-likeness (QED) is 0.882. The second kappa shape index (κ2) is 7.85. The molecule has 2 heterocycles. The van der Waals surface area contributed by atoms with Gasteiger partial charge in [-0.05, 0) is 38.3 Å². The highest BCUT2D eigenvalue weighted by molar-refractivity contribution is 5.81. The zero-order chi connectivity index (χ0) is 17.9. The van der Waals surface area contributed by atoms with Gasteiger partial charge in [0.2, 0.25) is 5.91 Å². The number of benzene rings is 1. The number of fused-ring (bicyclic) bond motifs is 1. The van der Waals surface area contributed by atoms with E-state index < -0.39 is 0 Å². The lowest BCUT2D eigenvalue weighted by atomic mass is 9.99. The summed E-state index contributed by atoms with van der Waals surface area (Å²) in [6, 6.07) is 8.46. The number of amides is 1. The number of nitrogens with one attached hydrogen (secondary N) is 1. The molecule has 2 aliphatic heterocycles. The Morgan fingerprint density at radius 1 is 1.28 bits per heavy atom. The van der Waals surface area contributed by atoms with E-state index in [9.17, 15) is 4.79 Å². The van der Waals surface area contributed by atoms with Gasteiger partial charge in [-0.25, -0.2) is 0 Å². The van der Waals surface area contributed by atoms with Gasteiger partial charge < -0.3 is 10.1 Å². The van der Waals surface area contributed by atoms with Crippen LogP contribution in [0.4, 0.5) is 0 Å². The van der Waals surface area contributed by atoms with Crippen LogP contribution in [0.3, 0.4) is 0 Å². The van der Waals surface area contributed by atoms with Crippen LogP contribution in [0.5, 0.6) is 0 Å². The predicted octanol–water partition coefficient (Wildman–Crippen LogP) is 1.66. The van der Waals surface area contributed by atoms with Crippen LogP contribution in [0.25, 0.3) is 0 Å². The second-order valence-electron chi connectivity index (χ2n) is 7.84. The van der Waals surface area contributed by atoms with Crippen molar-refractivity contribution in [1.82, 2.24) is 15.1 Å². The number of nitrogens with zero attached hydrogens (tertiary/aromatic N) is 2. The van der Waals surface area contributed by atoms with Gasteiger partial charge in [0, 0.05) is 39.3 Å². The molecular weight excluding hydrogens is 314 g/mol. The molecule has 1 aromatic rings. The van der Waals surface area contributed by atoms with E-state index in [1.165, 1.54) is 11.1 Å². The minimum Gasteiger partial charge on any atom is -0.373 e. The number of morpholine rings is 1. The van der Waals surface area contributed by atoms with Crippen LogP contribution in [0, 0.1) is 0 Å². The van der Waals surface area contributed by atoms with Gasteiger partial charge in [-0.3, -0.25) is 14.6 Å². The number of hydrogen-bond donors (Lipinski definition) is 1. The molecule has 1 aromatic carbocycles. The van der Waals surface area contributed by atoms with Crippen molar-refractivity contribution in [1.29, 1.82) is 0 Å². The molecule has 1 saturated heterocycles. The molecule has 1 fully saturated rings. The molecule has 0 aromatic heterocycles. The summed E-state index contributed by atoms with van der Waals surface area (Å²) in [7, 11) is 0. The Balaban J connectivity index is 1.44. The molecule has 0 spiro atoms. The summed E-state index contributed by atoms with van der Waals surface area (Å²) in [6.07, 6.45) is 1.02. The predicted molar refractivity (Wildman–Crippen MR) is 99.5 cm³/mol. The largest absolute Gasteiger partial charge is 0.373 e. The van der Waals surface area contributed by atoms with Crippen molar-refractivity contribution in [3.8, 4) is 0 Å². The summed E-state index contributed by atoms with van der Waals surface area (Å²) in [6.45, 7) is 12.3. The first-order valence-corrected chi connectivity index (χ1v) is 9.39. The minimum atomic E-state index is -0.0884. The van der Waals surface area contributed by atoms with Gasteiger partial charge in [-0.15, -0.1) is 0 Å². The van der Waals surface area contributed by atoms with E-state index in [1.54, 1.807) is 0 Å². The third-order valence-electron chi connectivity index (χ3n) is 5.32. The molecule has 3 rings (SSSR count). The molecule has 1 unspecified atom stereocenters. The maximum Gasteiger partial charge on any atom is 0.237 e. The molecule has 1 amide bonds. The summed E-state index contributed by atoms with van der Waals surface area (Å²) < 4.78 is 5.73. The Labute approximate surface area is 151 Å². The van der Waals surface area contributed by atoms with E-state index in [4.69, 9.17) is 4.74 Å². The lowest BCUT2D eigenvalue weighted by molar-refractivity contribution is -0.126. The average molecular weight is 345 g/mol. The monoisotopic (exact) mass is 345 g/mol. The van der Waals surface area contributed by atoms with E-state index in [2.05, 4.69) is 53.2 Å². The van der Waals surface area contributed by atoms with Crippen molar-refractivity contribution in [2.24, 2.45) is 0 Å². The summed E-state index contributed by atoms with van der Waals surface area (Å²) in [5.74, 6) is 0.131. The maximum atomic E-state index is 12.5. The summed E-state index contributed by atoms with van der Waals surface area (Å²) in [5.41, 5.74) is 2.68. The second-order valence-corrected chi connectivity index (χ2v) is 7.84. The molecule has 0 radical (unpaired) electrons. The van der Waals surface area contributed by atoms with E-state index in [0.717, 1.165) is 45.8 Å². The third-order valence-corrected chi connectivity index (χ3v) is 5.32. The topological polar surface area (TPSA) is 44.8 Å². The van der Waals surface area contributed by atoms with Crippen LogP contribution < -0.4 is 5.32 Å². The first kappa shape index (κ1) is 18.4. The highest BCUT2D eigenvalue weighted by Crippen LogP contribution is 2.20. The van der Waals surface area contributed by atoms with Gasteiger partial charge >= 0.3 is 0 Å². The van der Waals surface area contributed by atoms with Crippen LogP contribution in [-0.2, 0) is 22.5 Å². The van der Waals surface area contributed by atoms with Crippen molar-refractivity contribution >= 4 is 5.91 Å². The average Bonchev–Trinajstić information content (AvgIpc) is 2.59. The normalized spacial score (nSPS) is 22.2. The van der Waals surface area contributed by atoms with Gasteiger partial charge in [0.25, 0.3) is 0 Å². The zero-order valence-electron chi connectivity index (χ0n) is 15.8. The molecule has 138 valence electrons. The van der Waals surface area contributed by atoms with Crippen molar-refractivity contribution < 1.29 is 9.53 Å². The Kier molecular flexibility index (Phi) is 5.77. The summed E-state index contributed by atoms with van der Waals surface area (Å²) >= 11 is 0. The lowest BCUT2D eigenvalue weighted by Gasteiger charge is -2.38. The smallest absolute Gasteiger partial charge is 0.237 e. The van der Waals surface area contributed by atoms with Crippen LogP contribution in [0.2, 0.25) is 0 Å². The Morgan fingerprint density at radius 2 is 2.04 bits per heavy atom. The van der Waals surface area contributed by atoms with Crippen LogP contribution in [0.15, 0.2) is 24.3 Å². The van der Waals surface area contributed by atoms with Crippen LogP contribution in [0.1, 0.15) is 31.9 Å². The van der Waals surface area contributed by atoms with Gasteiger partial charge in [0.1, 0.15) is 0 Å². The molecule has 5 heteroatoms. The van der Waals surface area contributed by atoms with E-state index in [1.807, 2.05) is 6.92 Å². The molecule has 1 atom stereocenters. The first-order chi connectivity index (χ1) is 11.9. The highest BCUT2D eigenvalue weighted by Gasteiger charge is 2.28. The van der Waals surface area contributed by atoms with Crippen LogP contribution in [-0.4, -0.2) is 66.7 Å². The number of rotatable bonds is 5. The molecule has 0 saturated carbocycles. The number of carbonyl (C=O) groups is 1. The fourth-order valence-electron chi connectivity index (χ4n) is 3.80. The molecule has 0 bridgehead atoms. The molecule has 0 aliphatic carbocycles. The maximum absolute atomic E-state index is 12.5. The SMILES string of the molecule is CC(C(=O)NCCN1CCOC(C)(C)C1)N1CCc2ccccc2C1. The number of hydrogen-bond acceptors (Lipinski definition) is 4. The van der Waals surface area contributed by atoms with Crippen molar-refractivity contribution in [2.45, 2.75) is 45.4 Å². The minimum absolute atomic E-state index is 0.0866. The summed E-state index contributed by atoms with van der Waals surface area (Å²) in [4.78, 5) is 17.2. The fraction of sp³-hybridized carbons (Fsp3) is 0.650. The van der Waals surface area contributed by atoms with Gasteiger partial charge in [-0.2, -0.15) is 0 Å². The molecule has 5 nitrogen and oxygen atoms in total. The standard InChI is InChI=1S/C20H31N3O2/c1-16(23-10-8-17-6-4-5-7-18(17)14-23)19(24)21-9-11-22-12-13-25-20(2,3)15-22/h4-7,16H,8-15H2,1-3H3,(H,21,24). The van der Waals surface area contributed by atoms with Gasteiger partial charge in [0.15, 0.2) is 0 Å². The molecule has 2 aliphatic rings. The summed E-state index contributed by atoms with van der Waals surface area (Å²) in [5, 5.41) is 3.12. The lowest BCUT2D eigenvalue weighted by Crippen LogP contribution is -2.51. The van der Waals surface area contributed by atoms with Gasteiger partial charge in [-0.1, -0.05) is 24.3 Å². The zero-order valence-corrected chi connectivity index (χ0v) is 15.8. The Morgan fingerprint density at radius 3 is 2.80 bits per heavy atom. The van der Waals surface area contributed by atoms with Crippen molar-refractivity contribution in [3.05, 3.63) is 35.4 Å². The van der Waals surface area contributed by atoms with Crippen molar-refractivity contribution in [2.75, 3.05) is 39.3 Å². The fourth-order valence-corrected chi connectivity index (χ4v) is 3.80. The van der Waals surface area contributed by atoms with Crippen molar-refractivity contribution in [3.63, 3.8) is 0 Å². The first-order valence-electron chi connectivity index (χ1n) is 9.39. The third kappa shape index (κ3) is 4.81. The van der Waals surface area contributed by atoms with E-state index >= 15 is 0 Å². The Bertz CT molecular complexity index is 602. The molecule has 25 heavy (non-hydrogen) atoms. The highest BCUT2D eigenvalue weighted by atomic mass is 16.5. The van der Waals surface area contributed by atoms with Gasteiger partial charge in [0.05, 0.1) is 18.2 Å². The number of ether oxygens (including phenoxy) is 1.